The molecule has 5 heteroatoms. The predicted octanol–water partition coefficient (Wildman–Crippen LogP) is 2.45. The van der Waals surface area contributed by atoms with E-state index in [1.54, 1.807) is 7.11 Å². The highest BCUT2D eigenvalue weighted by molar-refractivity contribution is 5.80. The summed E-state index contributed by atoms with van der Waals surface area (Å²) in [5.41, 5.74) is 1.32. The maximum atomic E-state index is 12.8. The van der Waals surface area contributed by atoms with Crippen LogP contribution in [-0.2, 0) is 16.1 Å². The summed E-state index contributed by atoms with van der Waals surface area (Å²) in [5, 5.41) is 3.13. The van der Waals surface area contributed by atoms with Gasteiger partial charge in [0.25, 0.3) is 0 Å². The topological polar surface area (TPSA) is 50.8 Å². The van der Waals surface area contributed by atoms with Gasteiger partial charge in [0.05, 0.1) is 13.0 Å². The maximum Gasteiger partial charge on any atom is 0.225 e. The number of ether oxygens (including phenoxy) is 2. The fourth-order valence-electron chi connectivity index (χ4n) is 4.21. The molecule has 1 spiro atoms. The molecule has 0 saturated carbocycles. The van der Waals surface area contributed by atoms with Gasteiger partial charge in [-0.15, -0.1) is 0 Å². The molecule has 5 nitrogen and oxygen atoms in total. The molecule has 1 N–H and O–H groups in total. The van der Waals surface area contributed by atoms with Crippen molar-refractivity contribution in [2.45, 2.75) is 39.3 Å². The fraction of sp³-hybridized carbons (Fsp3) is 0.650. The summed E-state index contributed by atoms with van der Waals surface area (Å²) in [5.74, 6) is 1.13. The lowest BCUT2D eigenvalue weighted by Gasteiger charge is -2.37. The van der Waals surface area contributed by atoms with Crippen LogP contribution in [0.1, 0.15) is 32.3 Å². The van der Waals surface area contributed by atoms with E-state index in [1.165, 1.54) is 5.56 Å². The number of carbonyl (C=O) groups is 1. The molecule has 1 amide bonds. The van der Waals surface area contributed by atoms with E-state index in [0.717, 1.165) is 51.4 Å². The molecule has 2 fully saturated rings. The third kappa shape index (κ3) is 4.15. The van der Waals surface area contributed by atoms with Gasteiger partial charge >= 0.3 is 0 Å². The minimum atomic E-state index is 0.0528. The molecule has 2 aliphatic rings. The van der Waals surface area contributed by atoms with Gasteiger partial charge in [0, 0.05) is 44.3 Å². The molecule has 1 atom stereocenters. The van der Waals surface area contributed by atoms with Crippen molar-refractivity contribution in [3.05, 3.63) is 29.8 Å². The molecule has 0 radical (unpaired) electrons. The Morgan fingerprint density at radius 2 is 2.00 bits per heavy atom. The van der Waals surface area contributed by atoms with Crippen molar-refractivity contribution in [1.82, 2.24) is 10.2 Å². The summed E-state index contributed by atoms with van der Waals surface area (Å²) in [7, 11) is 1.68. The Labute approximate surface area is 150 Å². The van der Waals surface area contributed by atoms with Gasteiger partial charge in [0.1, 0.15) is 5.75 Å². The normalized spacial score (nSPS) is 23.1. The molecule has 0 bridgehead atoms. The SMILES string of the molecule is COc1ccc(CN2C[C@@H](C(=O)NC(C)C)C3(CCOCC3)C2)cc1. The number of nitrogens with one attached hydrogen (secondary N) is 1. The van der Waals surface area contributed by atoms with E-state index in [1.807, 2.05) is 26.0 Å². The summed E-state index contributed by atoms with van der Waals surface area (Å²) < 4.78 is 10.8. The third-order valence-electron chi connectivity index (χ3n) is 5.52. The van der Waals surface area contributed by atoms with Crippen LogP contribution in [0.4, 0.5) is 0 Å². The van der Waals surface area contributed by atoms with Crippen molar-refractivity contribution < 1.29 is 14.3 Å². The number of methoxy groups -OCH3 is 1. The number of hydrogen-bond donors (Lipinski definition) is 1. The average molecular weight is 346 g/mol. The van der Waals surface area contributed by atoms with Crippen LogP contribution in [0.2, 0.25) is 0 Å². The third-order valence-corrected chi connectivity index (χ3v) is 5.52. The van der Waals surface area contributed by atoms with E-state index in [4.69, 9.17) is 9.47 Å². The van der Waals surface area contributed by atoms with Crippen molar-refractivity contribution in [2.24, 2.45) is 11.3 Å². The zero-order chi connectivity index (χ0) is 17.9. The van der Waals surface area contributed by atoms with Gasteiger partial charge in [0.15, 0.2) is 0 Å². The minimum Gasteiger partial charge on any atom is -0.497 e. The van der Waals surface area contributed by atoms with Gasteiger partial charge < -0.3 is 14.8 Å². The molecule has 1 aromatic rings. The van der Waals surface area contributed by atoms with Crippen molar-refractivity contribution >= 4 is 5.91 Å². The molecule has 3 rings (SSSR count). The number of hydrogen-bond acceptors (Lipinski definition) is 4. The largest absolute Gasteiger partial charge is 0.497 e. The molecule has 2 saturated heterocycles. The minimum absolute atomic E-state index is 0.0528. The van der Waals surface area contributed by atoms with Gasteiger partial charge in [-0.25, -0.2) is 0 Å². The zero-order valence-electron chi connectivity index (χ0n) is 15.6. The van der Waals surface area contributed by atoms with E-state index in [-0.39, 0.29) is 23.3 Å². The lowest BCUT2D eigenvalue weighted by molar-refractivity contribution is -0.130. The highest BCUT2D eigenvalue weighted by Gasteiger charge is 2.50. The molecule has 2 aliphatic heterocycles. The first-order chi connectivity index (χ1) is 12.0. The van der Waals surface area contributed by atoms with E-state index in [2.05, 4.69) is 22.3 Å². The lowest BCUT2D eigenvalue weighted by Crippen LogP contribution is -2.46. The average Bonchev–Trinajstić information content (AvgIpc) is 2.93. The summed E-state index contributed by atoms with van der Waals surface area (Å²) in [6, 6.07) is 8.39. The Bertz CT molecular complexity index is 579. The van der Waals surface area contributed by atoms with Crippen LogP contribution < -0.4 is 10.1 Å². The van der Waals surface area contributed by atoms with Crippen LogP contribution in [-0.4, -0.2) is 50.3 Å². The van der Waals surface area contributed by atoms with E-state index in [0.29, 0.717) is 0 Å². The second-order valence-corrected chi connectivity index (χ2v) is 7.71. The number of amides is 1. The molecule has 0 aromatic heterocycles. The van der Waals surface area contributed by atoms with Crippen LogP contribution in [0.25, 0.3) is 0 Å². The number of likely N-dealkylation sites (tertiary alicyclic amines) is 1. The second-order valence-electron chi connectivity index (χ2n) is 7.71. The van der Waals surface area contributed by atoms with Gasteiger partial charge in [-0.3, -0.25) is 9.69 Å². The molecular weight excluding hydrogens is 316 g/mol. The fourth-order valence-corrected chi connectivity index (χ4v) is 4.21. The van der Waals surface area contributed by atoms with Crippen molar-refractivity contribution in [2.75, 3.05) is 33.4 Å². The van der Waals surface area contributed by atoms with Crippen LogP contribution in [0.5, 0.6) is 5.75 Å². The Morgan fingerprint density at radius 3 is 2.60 bits per heavy atom. The van der Waals surface area contributed by atoms with E-state index in [9.17, 15) is 4.79 Å². The number of benzene rings is 1. The first-order valence-corrected chi connectivity index (χ1v) is 9.26. The first-order valence-electron chi connectivity index (χ1n) is 9.26. The maximum absolute atomic E-state index is 12.8. The van der Waals surface area contributed by atoms with Crippen LogP contribution in [0.3, 0.4) is 0 Å². The number of nitrogens with zero attached hydrogens (tertiary/aromatic N) is 1. The molecule has 0 unspecified atom stereocenters. The lowest BCUT2D eigenvalue weighted by atomic mass is 9.71. The van der Waals surface area contributed by atoms with Crippen LogP contribution in [0, 0.1) is 11.3 Å². The Kier molecular flexibility index (Phi) is 5.64. The summed E-state index contributed by atoms with van der Waals surface area (Å²) in [4.78, 5) is 15.2. The molecule has 2 heterocycles. The molecule has 138 valence electrons. The van der Waals surface area contributed by atoms with Crippen LogP contribution >= 0.6 is 0 Å². The standard InChI is InChI=1S/C20H30N2O3/c1-15(2)21-19(23)18-13-22(14-20(18)8-10-25-11-9-20)12-16-4-6-17(24-3)7-5-16/h4-7,15,18H,8-14H2,1-3H3,(H,21,23)/t18-/m0/s1. The highest BCUT2D eigenvalue weighted by atomic mass is 16.5. The van der Waals surface area contributed by atoms with Crippen molar-refractivity contribution in [3.8, 4) is 5.75 Å². The van der Waals surface area contributed by atoms with Gasteiger partial charge in [-0.05, 0) is 44.4 Å². The van der Waals surface area contributed by atoms with Crippen LogP contribution in [0.15, 0.2) is 24.3 Å². The molecule has 25 heavy (non-hydrogen) atoms. The summed E-state index contributed by atoms with van der Waals surface area (Å²) in [6.45, 7) is 8.25. The number of carbonyl (C=O) groups excluding carboxylic acids is 1. The first kappa shape index (κ1) is 18.2. The predicted molar refractivity (Wildman–Crippen MR) is 97.5 cm³/mol. The molecular formula is C20H30N2O3. The Morgan fingerprint density at radius 1 is 1.32 bits per heavy atom. The Hall–Kier alpha value is -1.59. The molecule has 0 aliphatic carbocycles. The highest BCUT2D eigenvalue weighted by Crippen LogP contribution is 2.44. The second kappa shape index (κ2) is 7.75. The Balaban J connectivity index is 1.72. The van der Waals surface area contributed by atoms with Crippen molar-refractivity contribution in [3.63, 3.8) is 0 Å². The summed E-state index contributed by atoms with van der Waals surface area (Å²) >= 11 is 0. The monoisotopic (exact) mass is 346 g/mol. The van der Waals surface area contributed by atoms with Crippen molar-refractivity contribution in [1.29, 1.82) is 0 Å². The van der Waals surface area contributed by atoms with E-state index >= 15 is 0 Å². The zero-order valence-corrected chi connectivity index (χ0v) is 15.6. The quantitative estimate of drug-likeness (QED) is 0.890. The summed E-state index contributed by atoms with van der Waals surface area (Å²) in [6.07, 6.45) is 1.95. The van der Waals surface area contributed by atoms with Gasteiger partial charge in [-0.1, -0.05) is 12.1 Å². The smallest absolute Gasteiger partial charge is 0.225 e. The van der Waals surface area contributed by atoms with Gasteiger partial charge in [0.2, 0.25) is 5.91 Å². The molecule has 1 aromatic carbocycles. The van der Waals surface area contributed by atoms with Gasteiger partial charge in [-0.2, -0.15) is 0 Å². The van der Waals surface area contributed by atoms with E-state index < -0.39 is 0 Å². The number of rotatable bonds is 5.